The standard InChI is InChI=1S/C6F18Ge2O.2H3N/c7-1(8,9)25(2(10,11)12,3(13,14)15)27-26(4(16,17)18,5(19,20)21)6(22,23)24;;/h;2*1H3. The van der Waals surface area contributed by atoms with Crippen molar-refractivity contribution < 1.29 is 81.8 Å². The van der Waals surface area contributed by atoms with Crippen LogP contribution in [0.4, 0.5) is 79.0 Å². The monoisotopic (exact) mass is 612 g/mol. The van der Waals surface area contributed by atoms with Crippen molar-refractivity contribution in [2.75, 3.05) is 0 Å². The van der Waals surface area contributed by atoms with E-state index in [0.717, 1.165) is 0 Å². The van der Waals surface area contributed by atoms with Crippen molar-refractivity contribution >= 4 is 27.2 Å². The smallest absolute Gasteiger partial charge is 0.344 e. The molecule has 0 aliphatic carbocycles. The largest absolute Gasteiger partial charge is 0.344 e. The molecule has 0 bridgehead atoms. The molecule has 0 amide bonds. The quantitative estimate of drug-likeness (QED) is 0.306. The molecule has 0 aromatic heterocycles. The third kappa shape index (κ3) is 5.14. The van der Waals surface area contributed by atoms with Gasteiger partial charge in [0.05, 0.1) is 0 Å². The second-order valence-electron chi connectivity index (χ2n) is 4.45. The van der Waals surface area contributed by atoms with Gasteiger partial charge in [0, 0.05) is 0 Å². The molecule has 0 rings (SSSR count). The molecule has 0 atom stereocenters. The normalized spacial score (nSPS) is 15.5. The van der Waals surface area contributed by atoms with Gasteiger partial charge in [0.2, 0.25) is 0 Å². The average molecular weight is 609 g/mol. The summed E-state index contributed by atoms with van der Waals surface area (Å²) < 4.78 is 227. The maximum absolute atomic E-state index is 12.5. The zero-order valence-corrected chi connectivity index (χ0v) is 16.8. The molecule has 0 aromatic carbocycles. The Hall–Kier alpha value is -0.294. The van der Waals surface area contributed by atoms with E-state index in [1.807, 2.05) is 0 Å². The molecule has 0 aliphatic heterocycles. The summed E-state index contributed by atoms with van der Waals surface area (Å²) in [5.41, 5.74) is 0. The molecule has 0 spiro atoms. The minimum Gasteiger partial charge on any atom is -0.344 e. The topological polar surface area (TPSA) is 79.2 Å². The van der Waals surface area contributed by atoms with E-state index in [9.17, 15) is 79.0 Å². The fourth-order valence-corrected chi connectivity index (χ4v) is 20.6. The van der Waals surface area contributed by atoms with Crippen LogP contribution < -0.4 is 12.3 Å². The van der Waals surface area contributed by atoms with Gasteiger partial charge in [-0.3, -0.25) is 0 Å². The summed E-state index contributed by atoms with van der Waals surface area (Å²) in [4.78, 5) is 0. The maximum atomic E-state index is 12.5. The Morgan fingerprint density at radius 2 is 0.414 bits per heavy atom. The first-order valence-corrected chi connectivity index (χ1v) is 13.3. The van der Waals surface area contributed by atoms with E-state index in [0.29, 0.717) is 0 Å². The zero-order valence-electron chi connectivity index (χ0n) is 12.6. The van der Waals surface area contributed by atoms with E-state index < -0.39 is 57.3 Å². The number of rotatable bonds is 2. The van der Waals surface area contributed by atoms with E-state index in [1.165, 1.54) is 2.79 Å². The van der Waals surface area contributed by atoms with Crippen LogP contribution >= 0.6 is 0 Å². The predicted octanol–water partition coefficient (Wildman–Crippen LogP) is 5.83. The molecule has 0 unspecified atom stereocenters. The van der Waals surface area contributed by atoms with Gasteiger partial charge >= 0.3 is 139 Å². The van der Waals surface area contributed by atoms with Crippen molar-refractivity contribution in [2.24, 2.45) is 0 Å². The van der Waals surface area contributed by atoms with Crippen LogP contribution in [0.25, 0.3) is 0 Å². The molecular formula is C6H6F18Ge2N2O. The van der Waals surface area contributed by atoms with Gasteiger partial charge in [0.1, 0.15) is 0 Å². The van der Waals surface area contributed by atoms with Crippen LogP contribution in [0.15, 0.2) is 0 Å². The van der Waals surface area contributed by atoms with Crippen LogP contribution in [0, 0.1) is 0 Å². The van der Waals surface area contributed by atoms with Crippen LogP contribution in [0.2, 0.25) is 0 Å². The molecule has 0 radical (unpaired) electrons. The predicted molar refractivity (Wildman–Crippen MR) is 59.0 cm³/mol. The van der Waals surface area contributed by atoms with Crippen molar-refractivity contribution in [1.29, 1.82) is 0 Å². The molecule has 180 valence electrons. The summed E-state index contributed by atoms with van der Waals surface area (Å²) in [5, 5.41) is -48.3. The molecule has 0 aliphatic rings. The Bertz CT molecular complexity index is 415. The van der Waals surface area contributed by atoms with Gasteiger partial charge in [0.15, 0.2) is 0 Å². The molecule has 0 heterocycles. The molecule has 0 saturated heterocycles. The van der Waals surface area contributed by atoms with Gasteiger partial charge in [-0.25, -0.2) is 0 Å². The van der Waals surface area contributed by atoms with Crippen molar-refractivity contribution in [3.63, 3.8) is 0 Å². The summed E-state index contributed by atoms with van der Waals surface area (Å²) >= 11 is -22.3. The number of hydrogen-bond acceptors (Lipinski definition) is 3. The third-order valence-corrected chi connectivity index (χ3v) is 20.7. The SMILES string of the molecule is F[C](F)(F)[Ge]([O][Ge]([C](F)(F)F)([C](F)(F)F)[C](F)(F)F)([C](F)(F)F)[C](F)(F)F.N.N. The second-order valence-corrected chi connectivity index (χ2v) is 20.0. The van der Waals surface area contributed by atoms with Gasteiger partial charge in [-0.05, 0) is 0 Å². The number of alkyl halides is 18. The minimum atomic E-state index is -11.2. The third-order valence-electron chi connectivity index (χ3n) is 2.70. The van der Waals surface area contributed by atoms with Crippen LogP contribution in [-0.2, 0) is 2.79 Å². The van der Waals surface area contributed by atoms with Gasteiger partial charge in [-0.15, -0.1) is 0 Å². The van der Waals surface area contributed by atoms with Gasteiger partial charge < -0.3 is 12.3 Å². The minimum absolute atomic E-state index is 0. The van der Waals surface area contributed by atoms with E-state index in [4.69, 9.17) is 0 Å². The Kier molecular flexibility index (Phi) is 9.58. The van der Waals surface area contributed by atoms with Crippen LogP contribution in [0.1, 0.15) is 0 Å². The Morgan fingerprint density at radius 1 is 0.310 bits per heavy atom. The van der Waals surface area contributed by atoms with E-state index in [-0.39, 0.29) is 12.3 Å². The summed E-state index contributed by atoms with van der Waals surface area (Å²) in [6, 6.07) is 0. The fourth-order valence-electron chi connectivity index (χ4n) is 1.54. The number of halogens is 18. The molecule has 29 heavy (non-hydrogen) atoms. The summed E-state index contributed by atoms with van der Waals surface area (Å²) in [5.74, 6) is 0. The Labute approximate surface area is 152 Å². The molecule has 0 aromatic rings. The first-order valence-electron chi connectivity index (χ1n) is 5.31. The van der Waals surface area contributed by atoms with E-state index in [1.54, 1.807) is 0 Å². The van der Waals surface area contributed by atoms with Crippen molar-refractivity contribution in [3.05, 3.63) is 0 Å². The molecular weight excluding hydrogens is 603 g/mol. The molecule has 0 saturated carbocycles. The molecule has 23 heteroatoms. The Balaban J connectivity index is -0.00000338. The van der Waals surface area contributed by atoms with Crippen LogP contribution in [-0.4, -0.2) is 57.3 Å². The summed E-state index contributed by atoms with van der Waals surface area (Å²) in [7, 11) is 0. The Morgan fingerprint density at radius 3 is 0.483 bits per heavy atom. The summed E-state index contributed by atoms with van der Waals surface area (Å²) in [6.07, 6.45) is 0. The second kappa shape index (κ2) is 8.33. The molecule has 0 fully saturated rings. The summed E-state index contributed by atoms with van der Waals surface area (Å²) in [6.45, 7) is 0. The number of hydrogen-bond donors (Lipinski definition) is 2. The first kappa shape index (κ1) is 33.3. The van der Waals surface area contributed by atoms with E-state index >= 15 is 0 Å². The molecule has 6 N–H and O–H groups in total. The van der Waals surface area contributed by atoms with Gasteiger partial charge in [0.25, 0.3) is 0 Å². The fraction of sp³-hybridized carbons (Fsp3) is 1.00. The average Bonchev–Trinajstić information content (AvgIpc) is 2.16. The van der Waals surface area contributed by atoms with Crippen molar-refractivity contribution in [3.8, 4) is 0 Å². The zero-order chi connectivity index (χ0) is 22.7. The van der Waals surface area contributed by atoms with Crippen molar-refractivity contribution in [2.45, 2.75) is 30.1 Å². The van der Waals surface area contributed by atoms with E-state index in [2.05, 4.69) is 0 Å². The molecule has 3 nitrogen and oxygen atoms in total. The van der Waals surface area contributed by atoms with Crippen molar-refractivity contribution in [1.82, 2.24) is 12.3 Å². The van der Waals surface area contributed by atoms with Crippen LogP contribution in [0.5, 0.6) is 0 Å². The maximum Gasteiger partial charge on any atom is -0.344 e. The first-order chi connectivity index (χ1) is 11.2. The van der Waals surface area contributed by atoms with Crippen LogP contribution in [0.3, 0.4) is 0 Å². The van der Waals surface area contributed by atoms with Gasteiger partial charge in [-0.2, -0.15) is 0 Å². The van der Waals surface area contributed by atoms with Gasteiger partial charge in [-0.1, -0.05) is 0 Å².